The van der Waals surface area contributed by atoms with Gasteiger partial charge in [0.1, 0.15) is 16.4 Å². The number of pyridine rings is 1. The third-order valence-electron chi connectivity index (χ3n) is 3.35. The molecule has 7 heteroatoms. The topological polar surface area (TPSA) is 98.2 Å². The molecule has 0 aliphatic heterocycles. The Bertz CT molecular complexity index is 751. The van der Waals surface area contributed by atoms with Gasteiger partial charge in [-0.05, 0) is 32.4 Å². The van der Waals surface area contributed by atoms with Crippen LogP contribution < -0.4 is 10.5 Å². The van der Waals surface area contributed by atoms with E-state index in [2.05, 4.69) is 9.71 Å². The molecule has 0 saturated carbocycles. The normalized spacial score (nSPS) is 11.8. The van der Waals surface area contributed by atoms with Crippen LogP contribution in [0.15, 0.2) is 27.6 Å². The minimum absolute atomic E-state index is 0.113. The Morgan fingerprint density at radius 3 is 2.62 bits per heavy atom. The second-order valence-corrected chi connectivity index (χ2v) is 6.52. The van der Waals surface area contributed by atoms with E-state index in [9.17, 15) is 8.42 Å². The molecular weight excluding hydrogens is 290 g/mol. The maximum Gasteiger partial charge on any atom is 0.244 e. The van der Waals surface area contributed by atoms with Crippen molar-refractivity contribution in [3.63, 3.8) is 0 Å². The molecule has 114 valence electrons. The Balaban J connectivity index is 2.30. The zero-order chi connectivity index (χ0) is 15.6. The average molecular weight is 309 g/mol. The Morgan fingerprint density at radius 2 is 2.00 bits per heavy atom. The molecule has 2 aromatic rings. The van der Waals surface area contributed by atoms with E-state index in [-0.39, 0.29) is 18.0 Å². The van der Waals surface area contributed by atoms with Crippen LogP contribution in [0.2, 0.25) is 0 Å². The van der Waals surface area contributed by atoms with E-state index in [1.807, 2.05) is 19.1 Å². The Hall–Kier alpha value is -1.70. The van der Waals surface area contributed by atoms with Gasteiger partial charge in [-0.15, -0.1) is 0 Å². The van der Waals surface area contributed by atoms with Gasteiger partial charge in [0.2, 0.25) is 10.0 Å². The van der Waals surface area contributed by atoms with Crippen LogP contribution in [-0.2, 0) is 23.1 Å². The molecule has 0 aromatic carbocycles. The number of nitrogens with zero attached hydrogens (tertiary/aromatic N) is 1. The number of aromatic nitrogens is 1. The van der Waals surface area contributed by atoms with Crippen LogP contribution in [0.1, 0.15) is 28.3 Å². The van der Waals surface area contributed by atoms with Crippen molar-refractivity contribution in [2.75, 3.05) is 0 Å². The van der Waals surface area contributed by atoms with Crippen molar-refractivity contribution in [3.05, 3.63) is 46.7 Å². The maximum atomic E-state index is 12.5. The number of nitrogens with two attached hydrogens (primary N) is 1. The molecule has 0 atom stereocenters. The number of aryl methyl sites for hydroxylation is 3. The number of hydrogen-bond donors (Lipinski definition) is 2. The second-order valence-electron chi connectivity index (χ2n) is 4.82. The van der Waals surface area contributed by atoms with Crippen LogP contribution in [0.3, 0.4) is 0 Å². The van der Waals surface area contributed by atoms with Gasteiger partial charge in [0.15, 0.2) is 0 Å². The smallest absolute Gasteiger partial charge is 0.244 e. The summed E-state index contributed by atoms with van der Waals surface area (Å²) in [6.07, 6.45) is 1.63. The summed E-state index contributed by atoms with van der Waals surface area (Å²) >= 11 is 0. The predicted octanol–water partition coefficient (Wildman–Crippen LogP) is 1.54. The summed E-state index contributed by atoms with van der Waals surface area (Å²) in [6.45, 7) is 5.45. The van der Waals surface area contributed by atoms with Gasteiger partial charge in [0.25, 0.3) is 0 Å². The first-order valence-corrected chi connectivity index (χ1v) is 8.04. The fourth-order valence-electron chi connectivity index (χ4n) is 2.24. The van der Waals surface area contributed by atoms with Gasteiger partial charge in [0, 0.05) is 18.3 Å². The molecular formula is C14H19N3O3S. The standard InChI is InChI=1S/C14H19N3O3S/c1-9-5-4-6-16-13(9)8-17-21(18,19)14-11(3)20-10(2)12(14)7-15/h4-6,17H,7-8,15H2,1-3H3. The Kier molecular flexibility index (Phi) is 4.46. The first kappa shape index (κ1) is 15.7. The highest BCUT2D eigenvalue weighted by Crippen LogP contribution is 2.26. The van der Waals surface area contributed by atoms with Gasteiger partial charge < -0.3 is 10.2 Å². The summed E-state index contributed by atoms with van der Waals surface area (Å²) in [6, 6.07) is 3.69. The Morgan fingerprint density at radius 1 is 1.29 bits per heavy atom. The van der Waals surface area contributed by atoms with Gasteiger partial charge in [0.05, 0.1) is 12.2 Å². The van der Waals surface area contributed by atoms with Crippen LogP contribution in [0, 0.1) is 20.8 Å². The minimum Gasteiger partial charge on any atom is -0.465 e. The van der Waals surface area contributed by atoms with Crippen LogP contribution in [0.25, 0.3) is 0 Å². The summed E-state index contributed by atoms with van der Waals surface area (Å²) in [7, 11) is -3.69. The van der Waals surface area contributed by atoms with Crippen molar-refractivity contribution in [1.82, 2.24) is 9.71 Å². The number of nitrogens with one attached hydrogen (secondary N) is 1. The quantitative estimate of drug-likeness (QED) is 0.873. The fraction of sp³-hybridized carbons (Fsp3) is 0.357. The first-order valence-electron chi connectivity index (χ1n) is 6.56. The van der Waals surface area contributed by atoms with Gasteiger partial charge in [-0.2, -0.15) is 0 Å². The first-order chi connectivity index (χ1) is 9.86. The van der Waals surface area contributed by atoms with Crippen LogP contribution in [-0.4, -0.2) is 13.4 Å². The van der Waals surface area contributed by atoms with Crippen molar-refractivity contribution in [1.29, 1.82) is 0 Å². The maximum absolute atomic E-state index is 12.5. The zero-order valence-corrected chi connectivity index (χ0v) is 13.1. The molecule has 0 radical (unpaired) electrons. The molecule has 0 aliphatic carbocycles. The van der Waals surface area contributed by atoms with Crippen molar-refractivity contribution in [3.8, 4) is 0 Å². The monoisotopic (exact) mass is 309 g/mol. The zero-order valence-electron chi connectivity index (χ0n) is 12.3. The lowest BCUT2D eigenvalue weighted by atomic mass is 10.2. The second kappa shape index (κ2) is 5.97. The molecule has 2 rings (SSSR count). The predicted molar refractivity (Wildman–Crippen MR) is 79.1 cm³/mol. The average Bonchev–Trinajstić information content (AvgIpc) is 2.72. The lowest BCUT2D eigenvalue weighted by Gasteiger charge is -2.09. The molecule has 0 unspecified atom stereocenters. The molecule has 0 amide bonds. The third kappa shape index (κ3) is 3.15. The summed E-state index contributed by atoms with van der Waals surface area (Å²) in [5.74, 6) is 0.877. The van der Waals surface area contributed by atoms with E-state index in [0.717, 1.165) is 5.56 Å². The lowest BCUT2D eigenvalue weighted by molar-refractivity contribution is 0.494. The van der Waals surface area contributed by atoms with E-state index < -0.39 is 10.0 Å². The van der Waals surface area contributed by atoms with Crippen molar-refractivity contribution in [2.24, 2.45) is 5.73 Å². The lowest BCUT2D eigenvalue weighted by Crippen LogP contribution is -2.25. The fourth-order valence-corrected chi connectivity index (χ4v) is 3.68. The number of sulfonamides is 1. The molecule has 0 aliphatic rings. The molecule has 0 bridgehead atoms. The van der Waals surface area contributed by atoms with Crippen LogP contribution >= 0.6 is 0 Å². The third-order valence-corrected chi connectivity index (χ3v) is 4.94. The van der Waals surface area contributed by atoms with Crippen LogP contribution in [0.5, 0.6) is 0 Å². The van der Waals surface area contributed by atoms with Crippen molar-refractivity contribution >= 4 is 10.0 Å². The van der Waals surface area contributed by atoms with Gasteiger partial charge >= 0.3 is 0 Å². The Labute approximate surface area is 124 Å². The molecule has 0 saturated heterocycles. The van der Waals surface area contributed by atoms with Crippen LogP contribution in [0.4, 0.5) is 0 Å². The van der Waals surface area contributed by atoms with E-state index in [1.54, 1.807) is 20.0 Å². The van der Waals surface area contributed by atoms with E-state index in [1.165, 1.54) is 0 Å². The summed E-state index contributed by atoms with van der Waals surface area (Å²) in [5.41, 5.74) is 7.76. The molecule has 0 fully saturated rings. The molecule has 3 N–H and O–H groups in total. The highest BCUT2D eigenvalue weighted by Gasteiger charge is 2.26. The molecule has 21 heavy (non-hydrogen) atoms. The summed E-state index contributed by atoms with van der Waals surface area (Å²) in [5, 5.41) is 0. The molecule has 2 aromatic heterocycles. The number of hydrogen-bond acceptors (Lipinski definition) is 5. The van der Waals surface area contributed by atoms with E-state index >= 15 is 0 Å². The molecule has 0 spiro atoms. The highest BCUT2D eigenvalue weighted by atomic mass is 32.2. The largest absolute Gasteiger partial charge is 0.465 e. The van der Waals surface area contributed by atoms with E-state index in [4.69, 9.17) is 10.2 Å². The highest BCUT2D eigenvalue weighted by molar-refractivity contribution is 7.89. The number of rotatable bonds is 5. The van der Waals surface area contributed by atoms with Gasteiger partial charge in [-0.3, -0.25) is 4.98 Å². The van der Waals surface area contributed by atoms with Gasteiger partial charge in [-0.1, -0.05) is 6.07 Å². The summed E-state index contributed by atoms with van der Waals surface area (Å²) in [4.78, 5) is 4.31. The minimum atomic E-state index is -3.69. The summed E-state index contributed by atoms with van der Waals surface area (Å²) < 4.78 is 32.9. The number of furan rings is 1. The van der Waals surface area contributed by atoms with Crippen molar-refractivity contribution < 1.29 is 12.8 Å². The van der Waals surface area contributed by atoms with E-state index in [0.29, 0.717) is 22.8 Å². The molecule has 6 nitrogen and oxygen atoms in total. The van der Waals surface area contributed by atoms with Gasteiger partial charge in [-0.25, -0.2) is 13.1 Å². The SMILES string of the molecule is Cc1cccnc1CNS(=O)(=O)c1c(C)oc(C)c1CN. The van der Waals surface area contributed by atoms with Crippen molar-refractivity contribution in [2.45, 2.75) is 38.8 Å². The molecule has 2 heterocycles.